The van der Waals surface area contributed by atoms with Crippen molar-refractivity contribution in [1.29, 1.82) is 0 Å². The molecule has 0 aromatic carbocycles. The maximum absolute atomic E-state index is 6.18. The fourth-order valence-corrected chi connectivity index (χ4v) is 3.30. The highest BCUT2D eigenvalue weighted by Gasteiger charge is 2.17. The molecule has 3 aromatic heterocycles. The molecule has 1 aliphatic heterocycles. The second-order valence-corrected chi connectivity index (χ2v) is 6.29. The van der Waals surface area contributed by atoms with Gasteiger partial charge in [-0.15, -0.1) is 0 Å². The number of nitrogens with two attached hydrogens (primary N) is 1. The molecule has 4 heterocycles. The Bertz CT molecular complexity index is 826. The van der Waals surface area contributed by atoms with Crippen LogP contribution in [0.1, 0.15) is 18.5 Å². The van der Waals surface area contributed by atoms with E-state index in [4.69, 9.17) is 10.7 Å². The summed E-state index contributed by atoms with van der Waals surface area (Å²) >= 11 is 0. The Balaban J connectivity index is 1.72. The lowest BCUT2D eigenvalue weighted by Gasteiger charge is -2.22. The second-order valence-electron chi connectivity index (χ2n) is 6.29. The molecule has 0 spiro atoms. The molecule has 1 saturated heterocycles. The minimum Gasteiger partial charge on any atom is -0.384 e. The molecule has 0 bridgehead atoms. The van der Waals surface area contributed by atoms with E-state index in [0.717, 1.165) is 42.0 Å². The van der Waals surface area contributed by atoms with Crippen LogP contribution in [0, 0.1) is 5.92 Å². The molecule has 4 rings (SSSR count). The fourth-order valence-electron chi connectivity index (χ4n) is 3.30. The third-order valence-electron chi connectivity index (χ3n) is 4.47. The van der Waals surface area contributed by atoms with Crippen LogP contribution in [0.4, 0.5) is 5.82 Å². The van der Waals surface area contributed by atoms with Crippen molar-refractivity contribution in [3.05, 3.63) is 30.4 Å². The van der Waals surface area contributed by atoms with Gasteiger partial charge in [-0.3, -0.25) is 4.68 Å². The van der Waals surface area contributed by atoms with Crippen molar-refractivity contribution >= 4 is 11.5 Å². The van der Waals surface area contributed by atoms with Crippen molar-refractivity contribution in [2.24, 2.45) is 13.0 Å². The highest BCUT2D eigenvalue weighted by molar-refractivity contribution is 5.77. The number of aryl methyl sites for hydroxylation is 1. The highest BCUT2D eigenvalue weighted by atomic mass is 15.3. The summed E-state index contributed by atoms with van der Waals surface area (Å²) in [6, 6.07) is 1.95. The molecule has 120 valence electrons. The topological polar surface area (TPSA) is 86.1 Å². The molecule has 1 fully saturated rings. The summed E-state index contributed by atoms with van der Waals surface area (Å²) in [6.45, 7) is 2.18. The molecule has 1 atom stereocenters. The van der Waals surface area contributed by atoms with E-state index in [1.54, 1.807) is 9.20 Å². The number of hydrogen-bond acceptors (Lipinski definition) is 5. The number of fused-ring (bicyclic) bond motifs is 1. The van der Waals surface area contributed by atoms with E-state index in [1.807, 2.05) is 31.7 Å². The predicted molar refractivity (Wildman–Crippen MR) is 88.9 cm³/mol. The molecule has 3 N–H and O–H groups in total. The van der Waals surface area contributed by atoms with Gasteiger partial charge in [0, 0.05) is 36.1 Å². The predicted octanol–water partition coefficient (Wildman–Crippen LogP) is 1.25. The molecular formula is C16H21N7. The summed E-state index contributed by atoms with van der Waals surface area (Å²) in [5.74, 6) is 1.26. The van der Waals surface area contributed by atoms with Crippen LogP contribution in [0.5, 0.6) is 0 Å². The number of anilines is 1. The normalized spacial score (nSPS) is 18.6. The summed E-state index contributed by atoms with van der Waals surface area (Å²) in [5, 5.41) is 12.1. The van der Waals surface area contributed by atoms with Crippen LogP contribution in [0.2, 0.25) is 0 Å². The number of hydrogen-bond donors (Lipinski definition) is 2. The number of nitrogens with zero attached hydrogens (tertiary/aromatic N) is 5. The van der Waals surface area contributed by atoms with Crippen LogP contribution in [0.3, 0.4) is 0 Å². The Morgan fingerprint density at radius 1 is 1.35 bits per heavy atom. The van der Waals surface area contributed by atoms with Gasteiger partial charge < -0.3 is 11.1 Å². The zero-order valence-electron chi connectivity index (χ0n) is 13.2. The minimum absolute atomic E-state index is 0.628. The largest absolute Gasteiger partial charge is 0.384 e. The molecular weight excluding hydrogens is 290 g/mol. The van der Waals surface area contributed by atoms with Gasteiger partial charge in [0.15, 0.2) is 5.65 Å². The molecule has 23 heavy (non-hydrogen) atoms. The molecule has 0 radical (unpaired) electrons. The van der Waals surface area contributed by atoms with Gasteiger partial charge in [0.2, 0.25) is 0 Å². The highest BCUT2D eigenvalue weighted by Crippen LogP contribution is 2.25. The Morgan fingerprint density at radius 3 is 3.00 bits per heavy atom. The number of nitrogens with one attached hydrogen (secondary N) is 1. The molecule has 0 aliphatic carbocycles. The van der Waals surface area contributed by atoms with Crippen molar-refractivity contribution in [2.45, 2.75) is 19.3 Å². The summed E-state index contributed by atoms with van der Waals surface area (Å²) in [6.07, 6.45) is 9.02. The van der Waals surface area contributed by atoms with Crippen LogP contribution in [-0.2, 0) is 13.5 Å². The third-order valence-corrected chi connectivity index (χ3v) is 4.47. The van der Waals surface area contributed by atoms with E-state index >= 15 is 0 Å². The van der Waals surface area contributed by atoms with Crippen molar-refractivity contribution < 1.29 is 0 Å². The zero-order valence-corrected chi connectivity index (χ0v) is 13.2. The van der Waals surface area contributed by atoms with Gasteiger partial charge in [-0.25, -0.2) is 4.98 Å². The molecule has 0 amide bonds. The maximum Gasteiger partial charge on any atom is 0.165 e. The van der Waals surface area contributed by atoms with Gasteiger partial charge in [0.25, 0.3) is 0 Å². The van der Waals surface area contributed by atoms with Crippen LogP contribution in [0.15, 0.2) is 24.7 Å². The lowest BCUT2D eigenvalue weighted by molar-refractivity contribution is 0.373. The average molecular weight is 311 g/mol. The van der Waals surface area contributed by atoms with Crippen LogP contribution in [-0.4, -0.2) is 37.5 Å². The summed E-state index contributed by atoms with van der Waals surface area (Å²) in [4.78, 5) is 4.83. The fraction of sp³-hybridized carbons (Fsp3) is 0.438. The zero-order chi connectivity index (χ0) is 15.8. The Labute approximate surface area is 134 Å². The first-order valence-electron chi connectivity index (χ1n) is 8.03. The molecule has 1 unspecified atom stereocenters. The molecule has 7 heteroatoms. The summed E-state index contributed by atoms with van der Waals surface area (Å²) in [7, 11) is 1.90. The first-order chi connectivity index (χ1) is 11.2. The minimum atomic E-state index is 0.628. The number of nitrogen functional groups attached to an aromatic ring is 1. The van der Waals surface area contributed by atoms with Crippen LogP contribution in [0.25, 0.3) is 16.8 Å². The van der Waals surface area contributed by atoms with E-state index < -0.39 is 0 Å². The SMILES string of the molecule is Cn1cc(-c2cnn3c(N)cc(CC4CCCNC4)nc23)cn1. The van der Waals surface area contributed by atoms with Gasteiger partial charge in [-0.05, 0) is 38.3 Å². The third kappa shape index (κ3) is 2.68. The first kappa shape index (κ1) is 14.2. The van der Waals surface area contributed by atoms with Crippen molar-refractivity contribution in [3.8, 4) is 11.1 Å². The van der Waals surface area contributed by atoms with Crippen LogP contribution < -0.4 is 11.1 Å². The quantitative estimate of drug-likeness (QED) is 0.760. The van der Waals surface area contributed by atoms with E-state index in [1.165, 1.54) is 12.8 Å². The van der Waals surface area contributed by atoms with Crippen molar-refractivity contribution in [3.63, 3.8) is 0 Å². The van der Waals surface area contributed by atoms with Gasteiger partial charge in [-0.2, -0.15) is 14.7 Å². The van der Waals surface area contributed by atoms with E-state index in [9.17, 15) is 0 Å². The number of piperidine rings is 1. The average Bonchev–Trinajstić information content (AvgIpc) is 3.14. The monoisotopic (exact) mass is 311 g/mol. The Morgan fingerprint density at radius 2 is 2.26 bits per heavy atom. The lowest BCUT2D eigenvalue weighted by atomic mass is 9.94. The van der Waals surface area contributed by atoms with Crippen LogP contribution >= 0.6 is 0 Å². The molecule has 7 nitrogen and oxygen atoms in total. The molecule has 1 aliphatic rings. The van der Waals surface area contributed by atoms with Crippen molar-refractivity contribution in [2.75, 3.05) is 18.8 Å². The van der Waals surface area contributed by atoms with Gasteiger partial charge >= 0.3 is 0 Å². The summed E-state index contributed by atoms with van der Waals surface area (Å²) in [5.41, 5.74) is 9.99. The molecule has 0 saturated carbocycles. The lowest BCUT2D eigenvalue weighted by Crippen LogP contribution is -2.31. The smallest absolute Gasteiger partial charge is 0.165 e. The standard InChI is InChI=1S/C16H21N7/c1-22-10-12(8-19-22)14-9-20-23-15(17)6-13(21-16(14)23)5-11-3-2-4-18-7-11/h6,8-11,18H,2-5,7,17H2,1H3. The second kappa shape index (κ2) is 5.66. The Hall–Kier alpha value is -2.41. The van der Waals surface area contributed by atoms with Gasteiger partial charge in [0.05, 0.1) is 12.4 Å². The van der Waals surface area contributed by atoms with E-state index in [2.05, 4.69) is 15.5 Å². The van der Waals surface area contributed by atoms with Gasteiger partial charge in [-0.1, -0.05) is 0 Å². The number of aromatic nitrogens is 5. The number of rotatable bonds is 3. The van der Waals surface area contributed by atoms with Gasteiger partial charge in [0.1, 0.15) is 5.82 Å². The van der Waals surface area contributed by atoms with E-state index in [0.29, 0.717) is 11.7 Å². The Kier molecular flexibility index (Phi) is 3.49. The molecule has 3 aromatic rings. The van der Waals surface area contributed by atoms with Crippen molar-refractivity contribution in [1.82, 2.24) is 29.7 Å². The summed E-state index contributed by atoms with van der Waals surface area (Å²) < 4.78 is 3.48. The first-order valence-corrected chi connectivity index (χ1v) is 8.03. The van der Waals surface area contributed by atoms with E-state index in [-0.39, 0.29) is 0 Å². The maximum atomic E-state index is 6.18.